The Balaban J connectivity index is 1.79. The number of fused-ring (bicyclic) bond motifs is 1. The molecule has 186 valence electrons. The molecule has 0 aliphatic carbocycles. The van der Waals surface area contributed by atoms with Crippen molar-refractivity contribution in [2.45, 2.75) is 53.0 Å². The summed E-state index contributed by atoms with van der Waals surface area (Å²) in [5, 5.41) is 2.08. The predicted molar refractivity (Wildman–Crippen MR) is 136 cm³/mol. The highest BCUT2D eigenvalue weighted by Crippen LogP contribution is 2.35. The molecule has 0 bridgehead atoms. The molecule has 0 saturated heterocycles. The van der Waals surface area contributed by atoms with Gasteiger partial charge >= 0.3 is 0 Å². The van der Waals surface area contributed by atoms with Crippen molar-refractivity contribution in [3.8, 4) is 11.5 Å². The van der Waals surface area contributed by atoms with E-state index in [1.807, 2.05) is 43.0 Å². The fraction of sp³-hybridized carbons (Fsp3) is 0.556. The molecule has 1 aromatic carbocycles. The van der Waals surface area contributed by atoms with E-state index in [2.05, 4.69) is 25.3 Å². The molecule has 2 aromatic rings. The third-order valence-electron chi connectivity index (χ3n) is 6.37. The second-order valence-electron chi connectivity index (χ2n) is 9.50. The number of nitrogens with zero attached hydrogens (tertiary/aromatic N) is 2. The molecule has 2 atom stereocenters. The molecule has 34 heavy (non-hydrogen) atoms. The number of hydrogen-bond donors (Lipinski definition) is 0. The van der Waals surface area contributed by atoms with Crippen molar-refractivity contribution in [1.29, 1.82) is 0 Å². The molecule has 0 radical (unpaired) electrons. The second-order valence-corrected chi connectivity index (χ2v) is 10.5. The monoisotopic (exact) mass is 486 g/mol. The van der Waals surface area contributed by atoms with Gasteiger partial charge in [-0.05, 0) is 47.4 Å². The quantitative estimate of drug-likeness (QED) is 0.439. The normalized spacial score (nSPS) is 16.2. The van der Waals surface area contributed by atoms with Crippen LogP contribution in [0.2, 0.25) is 0 Å². The highest BCUT2D eigenvalue weighted by molar-refractivity contribution is 7.10. The Bertz CT molecular complexity index is 958. The zero-order valence-corrected chi connectivity index (χ0v) is 21.9. The Morgan fingerprint density at radius 3 is 2.59 bits per heavy atom. The van der Waals surface area contributed by atoms with Crippen LogP contribution in [-0.2, 0) is 16.0 Å². The molecular formula is C27H38N2O4S. The molecule has 2 unspecified atom stereocenters. The fourth-order valence-electron chi connectivity index (χ4n) is 4.27. The van der Waals surface area contributed by atoms with Crippen LogP contribution in [0.15, 0.2) is 35.7 Å². The summed E-state index contributed by atoms with van der Waals surface area (Å²) in [6.45, 7) is 10.00. The first-order chi connectivity index (χ1) is 16.3. The molecule has 0 fully saturated rings. The van der Waals surface area contributed by atoms with Crippen LogP contribution in [0.4, 0.5) is 0 Å². The van der Waals surface area contributed by atoms with Gasteiger partial charge in [0.25, 0.3) is 0 Å². The summed E-state index contributed by atoms with van der Waals surface area (Å²) >= 11 is 1.73. The van der Waals surface area contributed by atoms with E-state index in [0.717, 1.165) is 18.4 Å². The number of carbonyl (C=O) groups excluding carboxylic acids is 2. The molecule has 0 N–H and O–H groups in total. The third kappa shape index (κ3) is 6.53. The highest BCUT2D eigenvalue weighted by atomic mass is 32.1. The van der Waals surface area contributed by atoms with Crippen LogP contribution in [0.1, 0.15) is 57.0 Å². The van der Waals surface area contributed by atoms with Crippen molar-refractivity contribution < 1.29 is 19.1 Å². The SMILES string of the molecule is CCC(C)CN(CC(=O)N1CCc2sccc2C1COc1ccccc1OC)C(=O)CC(C)C. The Labute approximate surface area is 207 Å². The van der Waals surface area contributed by atoms with Crippen molar-refractivity contribution in [3.63, 3.8) is 0 Å². The number of methoxy groups -OCH3 is 1. The van der Waals surface area contributed by atoms with Gasteiger partial charge in [-0.1, -0.05) is 46.2 Å². The lowest BCUT2D eigenvalue weighted by Crippen LogP contribution is -2.48. The van der Waals surface area contributed by atoms with Gasteiger partial charge < -0.3 is 19.3 Å². The van der Waals surface area contributed by atoms with Crippen LogP contribution in [0.25, 0.3) is 0 Å². The number of ether oxygens (including phenoxy) is 2. The zero-order chi connectivity index (χ0) is 24.7. The van der Waals surface area contributed by atoms with Gasteiger partial charge in [0.2, 0.25) is 11.8 Å². The first-order valence-corrected chi connectivity index (χ1v) is 13.1. The maximum Gasteiger partial charge on any atom is 0.242 e. The number of hydrogen-bond acceptors (Lipinski definition) is 5. The van der Waals surface area contributed by atoms with Gasteiger partial charge in [-0.2, -0.15) is 0 Å². The Morgan fingerprint density at radius 2 is 1.91 bits per heavy atom. The summed E-state index contributed by atoms with van der Waals surface area (Å²) < 4.78 is 11.6. The summed E-state index contributed by atoms with van der Waals surface area (Å²) in [6.07, 6.45) is 2.25. The number of carbonyl (C=O) groups is 2. The summed E-state index contributed by atoms with van der Waals surface area (Å²) in [5.74, 6) is 1.96. The van der Waals surface area contributed by atoms with E-state index in [1.54, 1.807) is 23.3 Å². The third-order valence-corrected chi connectivity index (χ3v) is 7.37. The standard InChI is InChI=1S/C27H38N2O4S/c1-6-20(4)16-28(26(30)15-19(2)3)17-27(31)29-13-11-25-21(12-14-34-25)22(29)18-33-24-10-8-7-9-23(24)32-5/h7-10,12,14,19-20,22H,6,11,13,15-18H2,1-5H3. The minimum atomic E-state index is -0.196. The van der Waals surface area contributed by atoms with Crippen LogP contribution in [0.3, 0.4) is 0 Å². The van der Waals surface area contributed by atoms with E-state index >= 15 is 0 Å². The Morgan fingerprint density at radius 1 is 1.18 bits per heavy atom. The van der Waals surface area contributed by atoms with Gasteiger partial charge in [0.1, 0.15) is 6.61 Å². The minimum Gasteiger partial charge on any atom is -0.493 e. The number of rotatable bonds is 11. The summed E-state index contributed by atoms with van der Waals surface area (Å²) in [5.41, 5.74) is 1.14. The maximum absolute atomic E-state index is 13.6. The molecule has 0 saturated carbocycles. The second kappa shape index (κ2) is 12.2. The van der Waals surface area contributed by atoms with Gasteiger partial charge in [-0.25, -0.2) is 0 Å². The average Bonchev–Trinajstić information content (AvgIpc) is 3.30. The highest BCUT2D eigenvalue weighted by Gasteiger charge is 2.34. The molecule has 2 amide bonds. The summed E-state index contributed by atoms with van der Waals surface area (Å²) in [7, 11) is 1.62. The van der Waals surface area contributed by atoms with Crippen molar-refractivity contribution in [1.82, 2.24) is 9.80 Å². The van der Waals surface area contributed by atoms with Gasteiger partial charge in [-0.3, -0.25) is 9.59 Å². The van der Waals surface area contributed by atoms with Crippen LogP contribution < -0.4 is 9.47 Å². The van der Waals surface area contributed by atoms with Crippen LogP contribution in [0.5, 0.6) is 11.5 Å². The molecule has 1 aliphatic rings. The maximum atomic E-state index is 13.6. The Hall–Kier alpha value is -2.54. The summed E-state index contributed by atoms with van der Waals surface area (Å²) in [4.78, 5) is 31.5. The van der Waals surface area contributed by atoms with E-state index in [1.165, 1.54) is 4.88 Å². The van der Waals surface area contributed by atoms with Crippen LogP contribution in [-0.4, -0.2) is 55.0 Å². The lowest BCUT2D eigenvalue weighted by Gasteiger charge is -2.37. The van der Waals surface area contributed by atoms with Crippen LogP contribution in [0, 0.1) is 11.8 Å². The lowest BCUT2D eigenvalue weighted by molar-refractivity contribution is -0.143. The fourth-order valence-corrected chi connectivity index (χ4v) is 5.20. The van der Waals surface area contributed by atoms with Gasteiger partial charge in [-0.15, -0.1) is 11.3 Å². The van der Waals surface area contributed by atoms with Crippen molar-refractivity contribution in [2.24, 2.45) is 11.8 Å². The first-order valence-electron chi connectivity index (χ1n) is 12.2. The van der Waals surface area contributed by atoms with E-state index in [9.17, 15) is 9.59 Å². The molecule has 1 aliphatic heterocycles. The zero-order valence-electron chi connectivity index (χ0n) is 21.1. The smallest absolute Gasteiger partial charge is 0.242 e. The van der Waals surface area contributed by atoms with Crippen molar-refractivity contribution >= 4 is 23.2 Å². The van der Waals surface area contributed by atoms with E-state index in [-0.39, 0.29) is 30.3 Å². The summed E-state index contributed by atoms with van der Waals surface area (Å²) in [6, 6.07) is 9.45. The largest absolute Gasteiger partial charge is 0.493 e. The molecule has 1 aromatic heterocycles. The van der Waals surface area contributed by atoms with Gasteiger partial charge in [0.15, 0.2) is 11.5 Å². The molecule has 7 heteroatoms. The number of benzene rings is 1. The molecular weight excluding hydrogens is 448 g/mol. The van der Waals surface area contributed by atoms with Gasteiger partial charge in [0.05, 0.1) is 19.7 Å². The average molecular weight is 487 g/mol. The van der Waals surface area contributed by atoms with Crippen molar-refractivity contribution in [2.75, 3.05) is 33.4 Å². The minimum absolute atomic E-state index is 0.0223. The number of amides is 2. The van der Waals surface area contributed by atoms with Gasteiger partial charge in [0, 0.05) is 24.4 Å². The predicted octanol–water partition coefficient (Wildman–Crippen LogP) is 5.18. The lowest BCUT2D eigenvalue weighted by atomic mass is 10.00. The molecule has 3 rings (SSSR count). The van der Waals surface area contributed by atoms with E-state index in [0.29, 0.717) is 43.5 Å². The molecule has 6 nitrogen and oxygen atoms in total. The molecule has 2 heterocycles. The van der Waals surface area contributed by atoms with E-state index < -0.39 is 0 Å². The Kier molecular flexibility index (Phi) is 9.39. The number of thiophene rings is 1. The number of para-hydroxylation sites is 2. The molecule has 0 spiro atoms. The topological polar surface area (TPSA) is 59.1 Å². The van der Waals surface area contributed by atoms with Crippen molar-refractivity contribution in [3.05, 3.63) is 46.2 Å². The van der Waals surface area contributed by atoms with Crippen LogP contribution >= 0.6 is 11.3 Å². The van der Waals surface area contributed by atoms with E-state index in [4.69, 9.17) is 9.47 Å². The first kappa shape index (κ1) is 26.1.